The van der Waals surface area contributed by atoms with Gasteiger partial charge in [-0.05, 0) is 74.8 Å². The third-order valence-corrected chi connectivity index (χ3v) is 12.3. The molecule has 0 fully saturated rings. The standard InChI is InChI=1S/C23H16O4.C22H14O4.C14H8O3/c1-27-23(26)15-7-4-6-14(12-15)13-20(24)19-11-5-10-17-16-8-2-3-9-18(16)22(25)21(17)19;23-19(12-13-5-3-6-14(11-13)22(25)26)18-10-4-9-16-15-7-1-2-8-17(15)21(24)20(16)18;15-13-10-5-2-1-4-8(10)9-6-3-7-11(12(9)13)14(16)17/h2-12H,13H2,1H3;1-11H,12H2,(H,25,26);1-7H,(H,16,17). The van der Waals surface area contributed by atoms with E-state index < -0.39 is 17.9 Å². The summed E-state index contributed by atoms with van der Waals surface area (Å²) < 4.78 is 4.72. The van der Waals surface area contributed by atoms with Gasteiger partial charge in [0.2, 0.25) is 0 Å². The first-order valence-corrected chi connectivity index (χ1v) is 22.0. The van der Waals surface area contributed by atoms with Gasteiger partial charge in [0.05, 0.1) is 23.8 Å². The molecule has 70 heavy (non-hydrogen) atoms. The van der Waals surface area contributed by atoms with Gasteiger partial charge in [-0.25, -0.2) is 14.4 Å². The van der Waals surface area contributed by atoms with Gasteiger partial charge in [-0.3, -0.25) is 24.0 Å². The van der Waals surface area contributed by atoms with Crippen molar-refractivity contribution in [3.8, 4) is 33.4 Å². The second-order valence-corrected chi connectivity index (χ2v) is 16.5. The van der Waals surface area contributed by atoms with Crippen LogP contribution < -0.4 is 0 Å². The van der Waals surface area contributed by atoms with Gasteiger partial charge in [-0.2, -0.15) is 0 Å². The van der Waals surface area contributed by atoms with Gasteiger partial charge in [0.1, 0.15) is 0 Å². The molecule has 3 aliphatic rings. The molecule has 0 unspecified atom stereocenters. The Morgan fingerprint density at radius 1 is 0.371 bits per heavy atom. The lowest BCUT2D eigenvalue weighted by Crippen LogP contribution is -2.10. The first-order chi connectivity index (χ1) is 33.9. The van der Waals surface area contributed by atoms with E-state index in [1.807, 2.05) is 60.7 Å². The smallest absolute Gasteiger partial charge is 0.337 e. The molecule has 11 heteroatoms. The van der Waals surface area contributed by atoms with Crippen molar-refractivity contribution in [3.63, 3.8) is 0 Å². The van der Waals surface area contributed by atoms with Crippen molar-refractivity contribution in [2.45, 2.75) is 12.8 Å². The molecule has 8 aromatic rings. The number of Topliss-reactive ketones (excluding diaryl/α,β-unsaturated/α-hetero) is 2. The zero-order chi connectivity index (χ0) is 49.2. The summed E-state index contributed by atoms with van der Waals surface area (Å²) in [7, 11) is 1.32. The van der Waals surface area contributed by atoms with E-state index in [0.717, 1.165) is 27.8 Å². The molecule has 0 amide bonds. The summed E-state index contributed by atoms with van der Waals surface area (Å²) in [6.07, 6.45) is 0.145. The van der Waals surface area contributed by atoms with Crippen LogP contribution in [0.15, 0.2) is 176 Å². The Morgan fingerprint density at radius 3 is 1.09 bits per heavy atom. The molecule has 0 aromatic heterocycles. The number of ketones is 5. The molecule has 0 saturated heterocycles. The van der Waals surface area contributed by atoms with E-state index in [0.29, 0.717) is 66.8 Å². The fourth-order valence-corrected chi connectivity index (χ4v) is 9.16. The minimum absolute atomic E-state index is 0.0429. The van der Waals surface area contributed by atoms with E-state index in [9.17, 15) is 38.4 Å². The minimum Gasteiger partial charge on any atom is -0.478 e. The molecule has 0 heterocycles. The number of hydrogen-bond acceptors (Lipinski definition) is 9. The maximum Gasteiger partial charge on any atom is 0.337 e. The van der Waals surface area contributed by atoms with Crippen LogP contribution in [0.25, 0.3) is 33.4 Å². The molecule has 0 saturated carbocycles. The van der Waals surface area contributed by atoms with Crippen molar-refractivity contribution in [1.82, 2.24) is 0 Å². The normalized spacial score (nSPS) is 11.8. The van der Waals surface area contributed by atoms with Gasteiger partial charge in [0.25, 0.3) is 0 Å². The SMILES string of the molecule is COC(=O)c1cccc(CC(=O)c2cccc3c2C(=O)c2ccccc2-3)c1.O=C(O)c1cccc(CC(=O)c2cccc3c2C(=O)c2ccccc2-3)c1.O=C(O)c1cccc2c1C(=O)c1ccccc1-2. The number of carbonyl (C=O) groups excluding carboxylic acids is 6. The Morgan fingerprint density at radius 2 is 0.700 bits per heavy atom. The molecule has 340 valence electrons. The van der Waals surface area contributed by atoms with E-state index in [2.05, 4.69) is 0 Å². The number of carboxylic acids is 2. The highest BCUT2D eigenvalue weighted by atomic mass is 16.5. The molecule has 0 bridgehead atoms. The summed E-state index contributed by atoms with van der Waals surface area (Å²) in [6.45, 7) is 0. The first kappa shape index (κ1) is 45.7. The highest BCUT2D eigenvalue weighted by Crippen LogP contribution is 2.41. The summed E-state index contributed by atoms with van der Waals surface area (Å²) in [5, 5.41) is 18.2. The predicted molar refractivity (Wildman–Crippen MR) is 260 cm³/mol. The average molecular weight is 923 g/mol. The molecule has 0 aliphatic heterocycles. The molecule has 11 nitrogen and oxygen atoms in total. The van der Waals surface area contributed by atoms with Crippen LogP contribution in [-0.2, 0) is 17.6 Å². The average Bonchev–Trinajstić information content (AvgIpc) is 3.97. The minimum atomic E-state index is -1.07. The van der Waals surface area contributed by atoms with E-state index >= 15 is 0 Å². The van der Waals surface area contributed by atoms with Gasteiger partial charge >= 0.3 is 17.9 Å². The number of aromatic carboxylic acids is 2. The van der Waals surface area contributed by atoms with Crippen molar-refractivity contribution in [2.75, 3.05) is 7.11 Å². The lowest BCUT2D eigenvalue weighted by Gasteiger charge is -2.08. The van der Waals surface area contributed by atoms with Crippen LogP contribution in [0.1, 0.15) is 111 Å². The number of methoxy groups -OCH3 is 1. The summed E-state index contributed by atoms with van der Waals surface area (Å²) in [5.74, 6) is -3.37. The quantitative estimate of drug-likeness (QED) is 0.104. The third-order valence-electron chi connectivity index (χ3n) is 12.3. The van der Waals surface area contributed by atoms with Crippen LogP contribution >= 0.6 is 0 Å². The molecule has 0 atom stereocenters. The van der Waals surface area contributed by atoms with E-state index in [1.165, 1.54) is 25.3 Å². The zero-order valence-corrected chi connectivity index (χ0v) is 37.2. The van der Waals surface area contributed by atoms with Crippen LogP contribution in [0.2, 0.25) is 0 Å². The Bertz CT molecular complexity index is 3560. The lowest BCUT2D eigenvalue weighted by molar-refractivity contribution is 0.0598. The van der Waals surface area contributed by atoms with Crippen molar-refractivity contribution in [3.05, 3.63) is 248 Å². The van der Waals surface area contributed by atoms with Crippen molar-refractivity contribution < 1.29 is 53.3 Å². The van der Waals surface area contributed by atoms with Crippen LogP contribution in [0.5, 0.6) is 0 Å². The van der Waals surface area contributed by atoms with Crippen LogP contribution in [0.3, 0.4) is 0 Å². The number of carbonyl (C=O) groups is 8. The van der Waals surface area contributed by atoms with Crippen molar-refractivity contribution >= 4 is 46.8 Å². The number of hydrogen-bond donors (Lipinski definition) is 2. The topological polar surface area (TPSA) is 186 Å². The molecule has 3 aliphatic carbocycles. The predicted octanol–water partition coefficient (Wildman–Crippen LogP) is 10.7. The maximum atomic E-state index is 13.0. The molecule has 8 aromatic carbocycles. The summed E-state index contributed by atoms with van der Waals surface area (Å²) in [4.78, 5) is 97.5. The Labute approximate surface area is 400 Å². The number of carboxylic acid groups (broad SMARTS) is 2. The first-order valence-electron chi connectivity index (χ1n) is 22.0. The molecule has 2 N–H and O–H groups in total. The Hall–Kier alpha value is -9.48. The summed E-state index contributed by atoms with van der Waals surface area (Å²) in [5.41, 5.74) is 10.5. The molecule has 11 rings (SSSR count). The molecular weight excluding hydrogens is 885 g/mol. The highest BCUT2D eigenvalue weighted by molar-refractivity contribution is 6.27. The van der Waals surface area contributed by atoms with Gasteiger partial charge in [0, 0.05) is 57.3 Å². The zero-order valence-electron chi connectivity index (χ0n) is 37.2. The van der Waals surface area contributed by atoms with E-state index in [-0.39, 0.29) is 52.9 Å². The van der Waals surface area contributed by atoms with Crippen molar-refractivity contribution in [1.29, 1.82) is 0 Å². The third kappa shape index (κ3) is 8.43. The van der Waals surface area contributed by atoms with E-state index in [4.69, 9.17) is 14.9 Å². The number of esters is 1. The van der Waals surface area contributed by atoms with Crippen LogP contribution in [0, 0.1) is 0 Å². The van der Waals surface area contributed by atoms with Crippen LogP contribution in [-0.4, -0.2) is 64.1 Å². The fraction of sp³-hybridized carbons (Fsp3) is 0.0508. The highest BCUT2D eigenvalue weighted by Gasteiger charge is 2.33. The van der Waals surface area contributed by atoms with E-state index in [1.54, 1.807) is 97.1 Å². The molecule has 0 radical (unpaired) electrons. The summed E-state index contributed by atoms with van der Waals surface area (Å²) in [6, 6.07) is 50.5. The lowest BCUT2D eigenvalue weighted by atomic mass is 9.94. The summed E-state index contributed by atoms with van der Waals surface area (Å²) >= 11 is 0. The number of rotatable bonds is 9. The van der Waals surface area contributed by atoms with Gasteiger partial charge in [0.15, 0.2) is 28.9 Å². The largest absolute Gasteiger partial charge is 0.478 e. The fourth-order valence-electron chi connectivity index (χ4n) is 9.16. The maximum absolute atomic E-state index is 13.0. The number of fused-ring (bicyclic) bond motifs is 9. The Balaban J connectivity index is 0.000000134. The molecular formula is C59H38O11. The Kier molecular flexibility index (Phi) is 12.4. The number of ether oxygens (including phenoxy) is 1. The second-order valence-electron chi connectivity index (χ2n) is 16.5. The number of benzene rings is 8. The second kappa shape index (κ2) is 19.0. The molecule has 0 spiro atoms. The van der Waals surface area contributed by atoms with Gasteiger partial charge in [-0.15, -0.1) is 0 Å². The van der Waals surface area contributed by atoms with Gasteiger partial charge < -0.3 is 14.9 Å². The monoisotopic (exact) mass is 922 g/mol. The van der Waals surface area contributed by atoms with Gasteiger partial charge in [-0.1, -0.05) is 146 Å². The van der Waals surface area contributed by atoms with Crippen LogP contribution in [0.4, 0.5) is 0 Å². The van der Waals surface area contributed by atoms with Crippen molar-refractivity contribution in [2.24, 2.45) is 0 Å².